The van der Waals surface area contributed by atoms with Crippen molar-refractivity contribution in [3.8, 4) is 0 Å². The summed E-state index contributed by atoms with van der Waals surface area (Å²) < 4.78 is 2.45. The summed E-state index contributed by atoms with van der Waals surface area (Å²) in [5, 5.41) is 0. The molecule has 45 heavy (non-hydrogen) atoms. The van der Waals surface area contributed by atoms with Gasteiger partial charge in [-0.3, -0.25) is 9.48 Å². The molecule has 0 N–H and O–H groups in total. The number of halogens is 2. The van der Waals surface area contributed by atoms with Crippen LogP contribution >= 0.6 is 22.9 Å². The monoisotopic (exact) mass is 636 g/mol. The first kappa shape index (κ1) is 33.4. The molecule has 0 radical (unpaired) electrons. The summed E-state index contributed by atoms with van der Waals surface area (Å²) in [5.74, 6) is 0. The average molecular weight is 637 g/mol. The van der Waals surface area contributed by atoms with E-state index in [1.54, 1.807) is 0 Å². The summed E-state index contributed by atoms with van der Waals surface area (Å²) in [6.07, 6.45) is 0. The van der Waals surface area contributed by atoms with Gasteiger partial charge >= 0.3 is 0 Å². The number of aryl methyl sites for hydroxylation is 12. The Morgan fingerprint density at radius 2 is 0.867 bits per heavy atom. The molecule has 0 spiro atoms. The van der Waals surface area contributed by atoms with Gasteiger partial charge in [0.25, 0.3) is 4.87 Å². The van der Waals surface area contributed by atoms with Gasteiger partial charge in [-0.05, 0) is 105 Å². The quantitative estimate of drug-likeness (QED) is 0.151. The normalized spacial score (nSPS) is 13.7. The van der Waals surface area contributed by atoms with E-state index in [0.717, 1.165) is 18.8 Å². The Balaban J connectivity index is 1.93. The van der Waals surface area contributed by atoms with E-state index in [9.17, 15) is 0 Å². The molecule has 234 valence electrons. The van der Waals surface area contributed by atoms with Gasteiger partial charge in [0.15, 0.2) is 0 Å². The van der Waals surface area contributed by atoms with Gasteiger partial charge in [-0.2, -0.15) is 0 Å². The molecule has 1 aliphatic rings. The van der Waals surface area contributed by atoms with Crippen molar-refractivity contribution in [2.75, 3.05) is 18.0 Å². The van der Waals surface area contributed by atoms with Crippen LogP contribution in [-0.2, 0) is 0 Å². The molecule has 0 aromatic heterocycles. The minimum Gasteiger partial charge on any atom is -0.361 e. The number of amidine groups is 1. The first-order valence-electron chi connectivity index (χ1n) is 16.3. The predicted molar refractivity (Wildman–Crippen MR) is 202 cm³/mol. The van der Waals surface area contributed by atoms with Gasteiger partial charge in [-0.15, -0.1) is 10.9 Å². The summed E-state index contributed by atoms with van der Waals surface area (Å²) in [6.45, 7) is 27.8. The van der Waals surface area contributed by atoms with Crippen LogP contribution in [0, 0.1) is 83.1 Å². The molecule has 0 aliphatic carbocycles. The summed E-state index contributed by atoms with van der Waals surface area (Å²) in [5.41, 5.74) is 20.8. The Hall–Kier alpha value is -2.94. The molecule has 1 aliphatic heterocycles. The third kappa shape index (κ3) is 6.01. The lowest BCUT2D eigenvalue weighted by molar-refractivity contribution is -0.427. The Morgan fingerprint density at radius 1 is 0.533 bits per heavy atom. The van der Waals surface area contributed by atoms with E-state index in [1.807, 2.05) is 0 Å². The van der Waals surface area contributed by atoms with E-state index in [-0.39, 0.29) is 6.60 Å². The lowest BCUT2D eigenvalue weighted by atomic mass is 9.12. The van der Waals surface area contributed by atoms with Gasteiger partial charge in [0, 0.05) is 0 Å². The molecule has 0 amide bonds. The second-order valence-electron chi connectivity index (χ2n) is 14.0. The van der Waals surface area contributed by atoms with E-state index in [0.29, 0.717) is 0 Å². The van der Waals surface area contributed by atoms with Crippen molar-refractivity contribution in [3.05, 3.63) is 115 Å². The molecule has 0 unspecified atom stereocenters. The van der Waals surface area contributed by atoms with Crippen molar-refractivity contribution >= 4 is 62.4 Å². The summed E-state index contributed by atoms with van der Waals surface area (Å²) >= 11 is 16.4. The predicted octanol–water partition coefficient (Wildman–Crippen LogP) is 8.80. The Morgan fingerprint density at radius 3 is 1.24 bits per heavy atom. The molecule has 1 heterocycles. The van der Waals surface area contributed by atoms with Crippen LogP contribution in [0.3, 0.4) is 0 Å². The van der Waals surface area contributed by atoms with Gasteiger partial charge in [0.1, 0.15) is 30.2 Å². The molecule has 0 saturated heterocycles. The molecule has 4 aromatic carbocycles. The van der Waals surface area contributed by atoms with Crippen LogP contribution in [0.5, 0.6) is 0 Å². The van der Waals surface area contributed by atoms with E-state index >= 15 is 0 Å². The lowest BCUT2D eigenvalue weighted by Gasteiger charge is -2.40. The highest BCUT2D eigenvalue weighted by Crippen LogP contribution is 2.38. The largest absolute Gasteiger partial charge is 0.361 e. The van der Waals surface area contributed by atoms with Crippen molar-refractivity contribution < 1.29 is 4.58 Å². The minimum atomic E-state index is -2.27. The number of nitrogens with zero attached hydrogens (tertiary/aromatic N) is 2. The second kappa shape index (κ2) is 12.3. The fourth-order valence-electron chi connectivity index (χ4n) is 8.71. The van der Waals surface area contributed by atoms with Crippen molar-refractivity contribution in [1.29, 1.82) is 0 Å². The number of hydrogen-bond acceptors (Lipinski definition) is 1. The maximum Gasteiger partial charge on any atom is 0.264 e. The number of benzene rings is 4. The van der Waals surface area contributed by atoms with Crippen molar-refractivity contribution in [2.45, 2.75) is 83.1 Å². The van der Waals surface area contributed by atoms with Crippen molar-refractivity contribution in [2.24, 2.45) is 0 Å². The Labute approximate surface area is 282 Å². The maximum absolute atomic E-state index is 8.21. The molecular weight excluding hydrogens is 589 g/mol. The third-order valence-corrected chi connectivity index (χ3v) is 10.7. The van der Waals surface area contributed by atoms with Crippen molar-refractivity contribution in [1.82, 2.24) is 0 Å². The van der Waals surface area contributed by atoms with E-state index in [1.165, 1.54) is 89.1 Å². The van der Waals surface area contributed by atoms with Gasteiger partial charge < -0.3 is 22.9 Å². The molecule has 0 fully saturated rings. The van der Waals surface area contributed by atoms with Gasteiger partial charge in [-0.1, -0.05) is 93.0 Å². The SMILES string of the molecule is Cc1cc(C)c(B(c2c(C)cc(C)cc2C)[B-](Cl)(Cl)C2=[N+](c3c(C)cc(C)cc3C)CCN2c2c(C)cc(C)cc2C)c(C)c1. The standard InChI is InChI=1S/C39H48B2Cl2N2/c1-23-15-27(5)35(28(6)16-23)40(36-29(7)17-24(2)18-30(36)8)41(42,43)39-44(37-31(9)19-25(3)20-32(37)10)13-14-45(39)38-33(11)21-26(4)22-34(38)12/h15-22H,13-14H2,1-12H3. The maximum atomic E-state index is 8.21. The van der Waals surface area contributed by atoms with Gasteiger partial charge in [-0.25, -0.2) is 0 Å². The summed E-state index contributed by atoms with van der Waals surface area (Å²) in [6, 6.07) is 18.3. The van der Waals surface area contributed by atoms with Gasteiger partial charge in [0.05, 0.1) is 6.60 Å². The molecule has 0 bridgehead atoms. The van der Waals surface area contributed by atoms with Crippen LogP contribution in [0.25, 0.3) is 0 Å². The van der Waals surface area contributed by atoms with Crippen LogP contribution < -0.4 is 15.8 Å². The van der Waals surface area contributed by atoms with E-state index in [4.69, 9.17) is 22.9 Å². The average Bonchev–Trinajstić information content (AvgIpc) is 3.30. The lowest BCUT2D eigenvalue weighted by Crippen LogP contribution is -2.68. The van der Waals surface area contributed by atoms with E-state index in [2.05, 4.69) is 141 Å². The smallest absolute Gasteiger partial charge is 0.264 e. The Kier molecular flexibility index (Phi) is 9.17. The molecule has 2 nitrogen and oxygen atoms in total. The topological polar surface area (TPSA) is 6.25 Å². The zero-order valence-electron chi connectivity index (χ0n) is 29.3. The molecular formula is C39H48B2Cl2N2. The molecule has 0 saturated carbocycles. The number of rotatable bonds is 6. The van der Waals surface area contributed by atoms with E-state index < -0.39 is 4.87 Å². The highest BCUT2D eigenvalue weighted by Gasteiger charge is 2.51. The molecule has 6 heteroatoms. The number of anilines is 1. The fourth-order valence-corrected chi connectivity index (χ4v) is 9.69. The van der Waals surface area contributed by atoms with Gasteiger partial charge in [0.2, 0.25) is 0 Å². The zero-order valence-corrected chi connectivity index (χ0v) is 30.8. The fraction of sp³-hybridized carbons (Fsp3) is 0.359. The van der Waals surface area contributed by atoms with Crippen LogP contribution in [0.2, 0.25) is 0 Å². The summed E-state index contributed by atoms with van der Waals surface area (Å²) in [4.78, 5) is 0.178. The zero-order chi connectivity index (χ0) is 33.1. The van der Waals surface area contributed by atoms with Crippen LogP contribution in [-0.4, -0.2) is 34.9 Å². The minimum absolute atomic E-state index is 0.246. The van der Waals surface area contributed by atoms with Crippen LogP contribution in [0.1, 0.15) is 66.8 Å². The highest BCUT2D eigenvalue weighted by molar-refractivity contribution is 7.83. The highest BCUT2D eigenvalue weighted by atomic mass is 35.5. The molecule has 5 rings (SSSR count). The molecule has 4 aromatic rings. The van der Waals surface area contributed by atoms with Crippen molar-refractivity contribution in [3.63, 3.8) is 0 Å². The number of hydrogen-bond donors (Lipinski definition) is 0. The summed E-state index contributed by atoms with van der Waals surface area (Å²) in [7, 11) is 0. The van der Waals surface area contributed by atoms with Crippen LogP contribution in [0.15, 0.2) is 48.5 Å². The first-order valence-corrected chi connectivity index (χ1v) is 17.2. The first-order chi connectivity index (χ1) is 21.0. The van der Waals surface area contributed by atoms with Crippen LogP contribution in [0.4, 0.5) is 11.4 Å². The Bertz CT molecular complexity index is 1720. The third-order valence-electron chi connectivity index (χ3n) is 9.77. The second-order valence-corrected chi connectivity index (χ2v) is 15.6. The molecule has 0 atom stereocenters.